The van der Waals surface area contributed by atoms with Gasteiger partial charge in [-0.2, -0.15) is 35.1 Å². The molecule has 10 bridgehead atoms. The number of fused-ring (bicyclic) bond motifs is 3. The van der Waals surface area contributed by atoms with Crippen molar-refractivity contribution in [2.75, 3.05) is 7.11 Å². The first kappa shape index (κ1) is 33.7. The molecule has 0 radical (unpaired) electrons. The van der Waals surface area contributed by atoms with Gasteiger partial charge in [0.2, 0.25) is 5.88 Å². The number of halogens is 8. The van der Waals surface area contributed by atoms with E-state index in [0.717, 1.165) is 23.1 Å². The fourth-order valence-electron chi connectivity index (χ4n) is 6.56. The number of aliphatic hydroxyl groups excluding tert-OH is 1. The summed E-state index contributed by atoms with van der Waals surface area (Å²) in [6.45, 7) is 1.63. The molecule has 1 fully saturated rings. The van der Waals surface area contributed by atoms with E-state index >= 15 is 8.78 Å². The molecule has 0 saturated carbocycles. The van der Waals surface area contributed by atoms with E-state index in [1.807, 2.05) is 0 Å². The van der Waals surface area contributed by atoms with Crippen molar-refractivity contribution >= 4 is 19.8 Å². The number of hydrogen-bond donors (Lipinski definition) is 1. The smallest absolute Gasteiger partial charge is 0.416 e. The van der Waals surface area contributed by atoms with E-state index in [1.54, 1.807) is 13.0 Å². The molecule has 15 heteroatoms. The van der Waals surface area contributed by atoms with Gasteiger partial charge in [0.15, 0.2) is 6.10 Å². The molecule has 50 heavy (non-hydrogen) atoms. The van der Waals surface area contributed by atoms with Crippen LogP contribution in [0.2, 0.25) is 0 Å². The molecule has 8 rings (SSSR count). The summed E-state index contributed by atoms with van der Waals surface area (Å²) in [7, 11) is 0.303. The van der Waals surface area contributed by atoms with Crippen LogP contribution in [0.1, 0.15) is 51.1 Å². The van der Waals surface area contributed by atoms with Crippen LogP contribution in [0.25, 0.3) is 22.3 Å². The predicted octanol–water partition coefficient (Wildman–Crippen LogP) is 9.80. The van der Waals surface area contributed by atoms with Crippen LogP contribution < -0.4 is 4.74 Å². The van der Waals surface area contributed by atoms with E-state index in [2.05, 4.69) is 4.98 Å². The zero-order valence-corrected chi connectivity index (χ0v) is 26.7. The number of amides is 1. The highest BCUT2D eigenvalue weighted by atomic mass is 31.1. The number of benzene rings is 3. The number of nitrogens with zero attached hydrogens (tertiary/aromatic N) is 2. The average Bonchev–Trinajstić information content (AvgIpc) is 3.63. The van der Waals surface area contributed by atoms with Crippen molar-refractivity contribution in [3.05, 3.63) is 118 Å². The molecule has 0 unspecified atom stereocenters. The summed E-state index contributed by atoms with van der Waals surface area (Å²) in [5, 5.41) is 10.8. The lowest BCUT2D eigenvalue weighted by molar-refractivity contribution is -0.138. The van der Waals surface area contributed by atoms with E-state index in [4.69, 9.17) is 9.47 Å². The maximum Gasteiger partial charge on any atom is 0.416 e. The fourth-order valence-corrected chi connectivity index (χ4v) is 7.35. The Morgan fingerprint density at radius 2 is 1.60 bits per heavy atom. The van der Waals surface area contributed by atoms with E-state index in [-0.39, 0.29) is 34.2 Å². The maximum atomic E-state index is 15.8. The van der Waals surface area contributed by atoms with Crippen LogP contribution in [0.4, 0.5) is 39.9 Å². The third-order valence-electron chi connectivity index (χ3n) is 8.89. The Hall–Kier alpha value is -4.81. The second kappa shape index (κ2) is 11.6. The summed E-state index contributed by atoms with van der Waals surface area (Å²) in [5.41, 5.74) is -6.96. The molecule has 1 aromatic heterocycles. The lowest BCUT2D eigenvalue weighted by Crippen LogP contribution is -2.32. The van der Waals surface area contributed by atoms with Gasteiger partial charge in [-0.15, -0.1) is 0 Å². The number of ether oxygens (including phenoxy) is 2. The minimum Gasteiger partial charge on any atom is -0.481 e. The lowest BCUT2D eigenvalue weighted by Gasteiger charge is -2.26. The van der Waals surface area contributed by atoms with Crippen LogP contribution in [0, 0.1) is 6.92 Å². The number of rotatable bonds is 1. The number of aliphatic hydroxyl groups is 1. The minimum absolute atomic E-state index is 0.0204. The second-order valence-corrected chi connectivity index (χ2v) is 13.2. The van der Waals surface area contributed by atoms with E-state index in [0.29, 0.717) is 22.8 Å². The Kier molecular flexibility index (Phi) is 7.83. The first-order chi connectivity index (χ1) is 23.5. The molecule has 0 spiro atoms. The Bertz CT molecular complexity index is 2130. The van der Waals surface area contributed by atoms with Crippen LogP contribution in [0.15, 0.2) is 79.0 Å². The summed E-state index contributed by atoms with van der Waals surface area (Å²) >= 11 is 0. The highest BCUT2D eigenvalue weighted by molar-refractivity contribution is 7.41. The minimum atomic E-state index is -5.09. The molecule has 6 nitrogen and oxygen atoms in total. The zero-order chi connectivity index (χ0) is 35.9. The number of aromatic nitrogens is 1. The molecular formula is C35H23F8N2O4P. The third-order valence-corrected chi connectivity index (χ3v) is 9.90. The number of hydrogen-bond acceptors (Lipinski definition) is 4. The zero-order valence-electron chi connectivity index (χ0n) is 25.8. The quantitative estimate of drug-likeness (QED) is 0.121. The van der Waals surface area contributed by atoms with Crippen molar-refractivity contribution in [2.45, 2.75) is 43.1 Å². The summed E-state index contributed by atoms with van der Waals surface area (Å²) in [5.74, 6) is 0.0406. The SMILES string of the molecule is COc1ncc2cc1-c1ccc(C(F)(F)F)cc1[C@@H]1C=C[C@H]3[C@H](OC(=O)N13)c1cc(C(F)(F)F)cc(c1)C(F)(F)/P=C(/O)c1ccc-2c(C)c1. The third kappa shape index (κ3) is 5.69. The number of alkyl halides is 8. The summed E-state index contributed by atoms with van der Waals surface area (Å²) in [4.78, 5) is 18.9. The summed E-state index contributed by atoms with van der Waals surface area (Å²) in [6, 6.07) is 8.10. The lowest BCUT2D eigenvalue weighted by atomic mass is 9.91. The monoisotopic (exact) mass is 718 g/mol. The first-order valence-electron chi connectivity index (χ1n) is 14.9. The van der Waals surface area contributed by atoms with Gasteiger partial charge in [0.25, 0.3) is 0 Å². The molecule has 1 saturated heterocycles. The van der Waals surface area contributed by atoms with Gasteiger partial charge in [0.1, 0.15) is 5.48 Å². The molecule has 3 atom stereocenters. The fraction of sp³-hybridized carbons (Fsp3) is 0.229. The van der Waals surface area contributed by atoms with Crippen LogP contribution in [0.5, 0.6) is 5.88 Å². The van der Waals surface area contributed by atoms with Crippen LogP contribution in [0.3, 0.4) is 0 Å². The van der Waals surface area contributed by atoms with Crippen LogP contribution in [-0.4, -0.2) is 39.7 Å². The van der Waals surface area contributed by atoms with Gasteiger partial charge < -0.3 is 14.6 Å². The van der Waals surface area contributed by atoms with Crippen LogP contribution >= 0.6 is 8.20 Å². The van der Waals surface area contributed by atoms with Crippen LogP contribution in [-0.2, 0) is 22.8 Å². The number of aryl methyl sites for hydroxylation is 1. The van der Waals surface area contributed by atoms with Gasteiger partial charge in [-0.1, -0.05) is 30.4 Å². The van der Waals surface area contributed by atoms with Gasteiger partial charge in [0.05, 0.1) is 30.3 Å². The van der Waals surface area contributed by atoms with Crippen molar-refractivity contribution in [2.24, 2.45) is 0 Å². The molecule has 0 aliphatic carbocycles. The Labute approximate surface area is 280 Å². The molecule has 5 heterocycles. The Morgan fingerprint density at radius 1 is 0.880 bits per heavy atom. The Balaban J connectivity index is 1.52. The topological polar surface area (TPSA) is 71.9 Å². The number of carbonyl (C=O) groups excluding carboxylic acids is 1. The highest BCUT2D eigenvalue weighted by Gasteiger charge is 2.49. The largest absolute Gasteiger partial charge is 0.481 e. The van der Waals surface area contributed by atoms with Crippen molar-refractivity contribution in [3.8, 4) is 28.1 Å². The van der Waals surface area contributed by atoms with E-state index < -0.39 is 78.2 Å². The first-order valence-corrected chi connectivity index (χ1v) is 15.8. The van der Waals surface area contributed by atoms with Gasteiger partial charge >= 0.3 is 24.1 Å². The van der Waals surface area contributed by atoms with Crippen molar-refractivity contribution in [1.82, 2.24) is 9.88 Å². The van der Waals surface area contributed by atoms with Crippen molar-refractivity contribution < 1.29 is 54.5 Å². The normalized spacial score (nSPS) is 21.9. The molecule has 4 aliphatic heterocycles. The highest BCUT2D eigenvalue weighted by Crippen LogP contribution is 2.50. The summed E-state index contributed by atoms with van der Waals surface area (Å²) < 4.78 is 127. The molecule has 4 aromatic rings. The standard InChI is InChI=1S/C35H23F8N2O4P/c1-16-9-17-3-5-23(16)19-12-26(30(48-2)44-15-19)24-6-4-20(33(36,37)38)14-25(24)27-7-8-28-29(49-32(47)45(27)28)18-10-21(34(39,40)41)13-22(11-18)35(42,43)50-31(17)46/h3-15,27-29,46H,1-2H3/t27-,28-,29+/m0/s1. The van der Waals surface area contributed by atoms with Gasteiger partial charge in [-0.3, -0.25) is 4.90 Å². The maximum absolute atomic E-state index is 15.8. The molecular weight excluding hydrogens is 695 g/mol. The Morgan fingerprint density at radius 3 is 2.28 bits per heavy atom. The number of carbonyl (C=O) groups is 1. The van der Waals surface area contributed by atoms with Crippen molar-refractivity contribution in [3.63, 3.8) is 0 Å². The van der Waals surface area contributed by atoms with Crippen molar-refractivity contribution in [1.29, 1.82) is 0 Å². The molecule has 4 aliphatic rings. The van der Waals surface area contributed by atoms with E-state index in [9.17, 15) is 36.2 Å². The van der Waals surface area contributed by atoms with Gasteiger partial charge in [0, 0.05) is 36.7 Å². The number of pyridine rings is 1. The summed E-state index contributed by atoms with van der Waals surface area (Å²) in [6.07, 6.45) is -8.26. The number of methoxy groups -OCH3 is 1. The molecule has 3 aromatic carbocycles. The molecule has 258 valence electrons. The average molecular weight is 719 g/mol. The second-order valence-electron chi connectivity index (χ2n) is 12.0. The molecule has 1 N–H and O–H groups in total. The predicted molar refractivity (Wildman–Crippen MR) is 166 cm³/mol. The molecule has 1 amide bonds. The van der Waals surface area contributed by atoms with Gasteiger partial charge in [-0.25, -0.2) is 9.78 Å². The van der Waals surface area contributed by atoms with E-state index in [1.165, 1.54) is 49.7 Å². The van der Waals surface area contributed by atoms with Gasteiger partial charge in [-0.05, 0) is 77.2 Å².